The fraction of sp³-hybridized carbons (Fsp3) is 0.321. The molecule has 0 aliphatic carbocycles. The zero-order valence-electron chi connectivity index (χ0n) is 43.2. The Hall–Kier alpha value is -8.66. The predicted octanol–water partition coefficient (Wildman–Crippen LogP) is 6.42. The third-order valence-electron chi connectivity index (χ3n) is 10.4. The molecule has 0 saturated carbocycles. The van der Waals surface area contributed by atoms with Crippen LogP contribution >= 0.6 is 0 Å². The first-order chi connectivity index (χ1) is 36.0. The van der Waals surface area contributed by atoms with Gasteiger partial charge in [0.15, 0.2) is 17.2 Å². The van der Waals surface area contributed by atoms with Gasteiger partial charge < -0.3 is 87.4 Å². The number of nitrogens with two attached hydrogens (primary N) is 5. The van der Waals surface area contributed by atoms with Crippen molar-refractivity contribution in [1.82, 2.24) is 0 Å². The molecule has 15 N–H and O–H groups in total. The number of carboxylic acids is 5. The average molecular weight is 1060 g/mol. The fourth-order valence-corrected chi connectivity index (χ4v) is 6.53. The number of methoxy groups -OCH3 is 7. The van der Waals surface area contributed by atoms with Gasteiger partial charge in [-0.25, -0.2) is 4.85 Å². The Bertz CT molecular complexity index is 2620. The van der Waals surface area contributed by atoms with E-state index in [1.165, 1.54) is 35.5 Å². The minimum atomic E-state index is -0.947. The summed E-state index contributed by atoms with van der Waals surface area (Å²) in [5.74, 6) is -0.519. The summed E-state index contributed by atoms with van der Waals surface area (Å²) in [5.41, 5.74) is 32.6. The van der Waals surface area contributed by atoms with E-state index >= 15 is 0 Å². The largest absolute Gasteiger partial charge is 0.497 e. The smallest absolute Gasteiger partial charge is 0.305 e. The Morgan fingerprint density at radius 3 is 1.17 bits per heavy atom. The lowest BCUT2D eigenvalue weighted by Crippen LogP contribution is -2.16. The molecule has 0 heterocycles. The fourth-order valence-electron chi connectivity index (χ4n) is 6.53. The van der Waals surface area contributed by atoms with Crippen molar-refractivity contribution in [3.63, 3.8) is 0 Å². The molecule has 0 fully saturated rings. The van der Waals surface area contributed by atoms with E-state index in [2.05, 4.69) is 4.85 Å². The van der Waals surface area contributed by atoms with Gasteiger partial charge in [-0.2, -0.15) is 0 Å². The van der Waals surface area contributed by atoms with Crippen molar-refractivity contribution in [2.75, 3.05) is 49.8 Å². The molecule has 0 aliphatic heterocycles. The summed E-state index contributed by atoms with van der Waals surface area (Å²) in [6, 6.07) is 26.4. The van der Waals surface area contributed by atoms with Gasteiger partial charge in [0.05, 0.1) is 88.4 Å². The third-order valence-corrected chi connectivity index (χ3v) is 10.4. The van der Waals surface area contributed by atoms with Crippen molar-refractivity contribution in [3.05, 3.63) is 142 Å². The number of para-hydroxylation sites is 1. The molecule has 0 saturated heterocycles. The maximum absolute atomic E-state index is 10.6. The van der Waals surface area contributed by atoms with Crippen LogP contribution in [0.5, 0.6) is 40.2 Å². The highest BCUT2D eigenvalue weighted by molar-refractivity contribution is 5.70. The maximum atomic E-state index is 10.6. The van der Waals surface area contributed by atoms with E-state index in [-0.39, 0.29) is 32.1 Å². The normalized spacial score (nSPS) is 11.9. The van der Waals surface area contributed by atoms with Gasteiger partial charge in [-0.3, -0.25) is 24.0 Å². The van der Waals surface area contributed by atoms with Gasteiger partial charge in [0.25, 0.3) is 0 Å². The molecule has 5 atom stereocenters. The maximum Gasteiger partial charge on any atom is 0.305 e. The van der Waals surface area contributed by atoms with Crippen LogP contribution in [0.2, 0.25) is 0 Å². The summed E-state index contributed by atoms with van der Waals surface area (Å²) >= 11 is 0. The van der Waals surface area contributed by atoms with Crippen LogP contribution in [0.1, 0.15) is 90.1 Å². The lowest BCUT2D eigenvalue weighted by Gasteiger charge is -2.16. The number of aliphatic carboxylic acids is 5. The monoisotopic (exact) mass is 1060 g/mol. The first-order valence-corrected chi connectivity index (χ1v) is 22.6. The lowest BCUT2D eigenvalue weighted by molar-refractivity contribution is -0.138. The number of benzene rings is 5. The van der Waals surface area contributed by atoms with Crippen molar-refractivity contribution < 1.29 is 82.7 Å². The molecule has 5 aromatic rings. The molecule has 0 spiro atoms. The number of nitrogens with zero attached hydrogens (tertiary/aromatic N) is 1. The highest BCUT2D eigenvalue weighted by atomic mass is 16.5. The molecule has 0 radical (unpaired) electrons. The number of carboxylic acid groups (broad SMARTS) is 5. The van der Waals surface area contributed by atoms with Crippen molar-refractivity contribution in [2.45, 2.75) is 62.3 Å². The third kappa shape index (κ3) is 23.9. The zero-order chi connectivity index (χ0) is 57.5. The highest BCUT2D eigenvalue weighted by Gasteiger charge is 2.19. The molecule has 5 unspecified atom stereocenters. The van der Waals surface area contributed by atoms with Crippen molar-refractivity contribution >= 4 is 35.5 Å². The van der Waals surface area contributed by atoms with Gasteiger partial charge in [-0.1, -0.05) is 54.6 Å². The van der Waals surface area contributed by atoms with Crippen LogP contribution in [0.15, 0.2) is 103 Å². The van der Waals surface area contributed by atoms with Crippen LogP contribution in [0, 0.1) is 6.57 Å². The number of ether oxygens (including phenoxy) is 7. The highest BCUT2D eigenvalue weighted by Crippen LogP contribution is 2.35. The number of carbonyl (C=O) groups is 5. The van der Waals surface area contributed by atoms with E-state index in [4.69, 9.17) is 93.9 Å². The van der Waals surface area contributed by atoms with Crippen LogP contribution in [-0.4, -0.2) is 105 Å². The van der Waals surface area contributed by atoms with E-state index in [9.17, 15) is 24.0 Å². The minimum Gasteiger partial charge on any atom is -0.497 e. The molecule has 5 rings (SSSR count). The van der Waals surface area contributed by atoms with Crippen molar-refractivity contribution in [1.29, 1.82) is 0 Å². The Labute approximate surface area is 440 Å². The molecule has 5 aromatic carbocycles. The first-order valence-electron chi connectivity index (χ1n) is 22.6. The van der Waals surface area contributed by atoms with E-state index in [1.54, 1.807) is 117 Å². The second kappa shape index (κ2) is 34.7. The van der Waals surface area contributed by atoms with E-state index in [0.29, 0.717) is 56.9 Å². The topological polar surface area (TPSA) is 386 Å². The average Bonchev–Trinajstić information content (AvgIpc) is 3.39. The number of hydrogen-bond donors (Lipinski definition) is 10. The minimum absolute atomic E-state index is 0.0632. The first kappa shape index (κ1) is 65.4. The standard InChI is InChI=1S/3C11H15NO4.C10H10N2O2.C10H13NO3/c1-15-8-3-7(4-9(5-8)16-2)10(12)6-11(13)14;1-15-7-3-4-8(10(5-7)16-2)9(12)6-11(13)14;1-15-9-5-3-4-7(11(9)16-2)8(12)6-10(13)14;1-12-8-4-2-7(3-5-8)9(11)6-10(13)14;1-14-8-4-2-7(3-5-8)9(11)6-10(12)13/h3-5,10H,6,12H2,1-2H3,(H,13,14);3-5,9H,6,12H2,1-2H3,(H,13,14);3-5,8H,6,12H2,1-2H3,(H,13,14);2-5,9H,6,11H2,(H,13,14);2-5,9H,6,11H2,1H3,(H,12,13). The molecular formula is C53H68N6O17. The van der Waals surface area contributed by atoms with Crippen LogP contribution in [0.4, 0.5) is 5.69 Å². The van der Waals surface area contributed by atoms with Gasteiger partial charge in [-0.15, -0.1) is 0 Å². The zero-order valence-corrected chi connectivity index (χ0v) is 43.2. The van der Waals surface area contributed by atoms with Crippen LogP contribution in [-0.2, 0) is 24.0 Å². The van der Waals surface area contributed by atoms with Gasteiger partial charge in [0.1, 0.15) is 28.7 Å². The predicted molar refractivity (Wildman–Crippen MR) is 280 cm³/mol. The van der Waals surface area contributed by atoms with E-state index < -0.39 is 60.1 Å². The van der Waals surface area contributed by atoms with Crippen LogP contribution in [0.3, 0.4) is 0 Å². The molecule has 0 aromatic heterocycles. The Morgan fingerprint density at radius 2 is 0.789 bits per heavy atom. The molecule has 412 valence electrons. The molecule has 0 bridgehead atoms. The van der Waals surface area contributed by atoms with Crippen molar-refractivity contribution in [2.24, 2.45) is 28.7 Å². The Morgan fingerprint density at radius 1 is 0.408 bits per heavy atom. The molecule has 76 heavy (non-hydrogen) atoms. The SMILES string of the molecule is COc1cc(OC)cc(C(N)CC(=O)O)c1.COc1ccc(C(N)CC(=O)O)c(OC)c1.COc1ccc(C(N)CC(=O)O)cc1.COc1cccc(C(N)CC(=O)O)c1OC.[C-]#[N+]c1ccc(C(N)CC(=O)O)cc1. The molecule has 23 heteroatoms. The van der Waals surface area contributed by atoms with Crippen molar-refractivity contribution in [3.8, 4) is 40.2 Å². The van der Waals surface area contributed by atoms with Gasteiger partial charge in [0.2, 0.25) is 0 Å². The second-order valence-electron chi connectivity index (χ2n) is 15.8. The van der Waals surface area contributed by atoms with Crippen LogP contribution < -0.4 is 61.8 Å². The van der Waals surface area contributed by atoms with E-state index in [0.717, 1.165) is 16.9 Å². The summed E-state index contributed by atoms with van der Waals surface area (Å²) in [6.45, 7) is 6.73. The molecular weight excluding hydrogens is 993 g/mol. The number of rotatable bonds is 22. The summed E-state index contributed by atoms with van der Waals surface area (Å²) < 4.78 is 35.6. The Balaban J connectivity index is 0.000000476. The van der Waals surface area contributed by atoms with E-state index in [1.807, 2.05) is 0 Å². The Kier molecular flexibility index (Phi) is 29.8. The summed E-state index contributed by atoms with van der Waals surface area (Å²) in [4.78, 5) is 55.7. The molecule has 0 amide bonds. The van der Waals surface area contributed by atoms with Gasteiger partial charge in [0, 0.05) is 53.5 Å². The second-order valence-corrected chi connectivity index (χ2v) is 15.8. The van der Waals surface area contributed by atoms with Gasteiger partial charge >= 0.3 is 29.8 Å². The van der Waals surface area contributed by atoms with Crippen LogP contribution in [0.25, 0.3) is 4.85 Å². The summed E-state index contributed by atoms with van der Waals surface area (Å²) in [5, 5.41) is 43.1. The quantitative estimate of drug-likeness (QED) is 0.0334. The summed E-state index contributed by atoms with van der Waals surface area (Å²) in [7, 11) is 10.7. The summed E-state index contributed by atoms with van der Waals surface area (Å²) in [6.07, 6.45) is -0.577. The molecule has 23 nitrogen and oxygen atoms in total. The molecule has 0 aliphatic rings. The van der Waals surface area contributed by atoms with Gasteiger partial charge in [-0.05, 0) is 53.1 Å². The lowest BCUT2D eigenvalue weighted by atomic mass is 10.0. The number of hydrogen-bond acceptors (Lipinski definition) is 17.